The molecule has 240 valence electrons. The van der Waals surface area contributed by atoms with Crippen LogP contribution >= 0.6 is 35.3 Å². The number of aliphatic carboxylic acids is 4. The van der Waals surface area contributed by atoms with E-state index in [4.69, 9.17) is 31.9 Å². The molecule has 3 atom stereocenters. The SMILES string of the molecule is CC(C)SCC(=O)O.CC(C)SCC(N)C(=O)O.CC(C)SCC(NC(=O)CCC(N)C(=O)O)C(=O)NCC(=O)O. The Hall–Kier alpha value is -2.21. The lowest BCUT2D eigenvalue weighted by Crippen LogP contribution is -2.49. The molecule has 0 saturated carbocycles. The fourth-order valence-electron chi connectivity index (χ4n) is 2.04. The van der Waals surface area contributed by atoms with Gasteiger partial charge in [0.25, 0.3) is 0 Å². The maximum atomic E-state index is 11.9. The second-order valence-electron chi connectivity index (χ2n) is 9.18. The van der Waals surface area contributed by atoms with Crippen molar-refractivity contribution in [2.75, 3.05) is 23.8 Å². The van der Waals surface area contributed by atoms with E-state index in [1.165, 1.54) is 23.5 Å². The molecule has 17 heteroatoms. The molecule has 0 aliphatic rings. The molecule has 14 nitrogen and oxygen atoms in total. The van der Waals surface area contributed by atoms with Crippen molar-refractivity contribution in [3.8, 4) is 0 Å². The van der Waals surface area contributed by atoms with Gasteiger partial charge in [-0.05, 0) is 22.2 Å². The third kappa shape index (κ3) is 32.2. The number of carboxylic acids is 4. The van der Waals surface area contributed by atoms with Gasteiger partial charge in [-0.25, -0.2) is 0 Å². The standard InChI is InChI=1S/C13H23N3O6S.C6H13NO2S.C5H10O2S/c1-7(2)23-6-9(12(20)15-5-11(18)19)16-10(17)4-3-8(14)13(21)22;1-4(2)10-3-5(7)6(8)9;1-4(2)8-3-5(6)7/h7-9H,3-6,14H2,1-2H3,(H,15,20)(H,16,17)(H,18,19)(H,21,22);4-5H,3,7H2,1-2H3,(H,8,9);4H,3H2,1-2H3,(H,6,7). The molecule has 0 heterocycles. The van der Waals surface area contributed by atoms with Gasteiger partial charge < -0.3 is 42.5 Å². The van der Waals surface area contributed by atoms with Crippen LogP contribution in [0, 0.1) is 0 Å². The van der Waals surface area contributed by atoms with Crippen LogP contribution in [0.15, 0.2) is 0 Å². The van der Waals surface area contributed by atoms with Crippen LogP contribution in [0.2, 0.25) is 0 Å². The molecular formula is C24H46N4O10S3. The van der Waals surface area contributed by atoms with E-state index in [9.17, 15) is 28.8 Å². The molecule has 0 aromatic carbocycles. The van der Waals surface area contributed by atoms with Gasteiger partial charge in [-0.1, -0.05) is 41.5 Å². The van der Waals surface area contributed by atoms with Gasteiger partial charge in [-0.3, -0.25) is 28.8 Å². The first-order chi connectivity index (χ1) is 18.8. The van der Waals surface area contributed by atoms with Gasteiger partial charge in [0.05, 0.1) is 5.75 Å². The number of nitrogens with two attached hydrogens (primary N) is 2. The third-order valence-electron chi connectivity index (χ3n) is 4.13. The fraction of sp³-hybridized carbons (Fsp3) is 0.750. The van der Waals surface area contributed by atoms with E-state index in [-0.39, 0.29) is 29.6 Å². The molecule has 2 amide bonds. The van der Waals surface area contributed by atoms with E-state index in [1.54, 1.807) is 11.8 Å². The first-order valence-corrected chi connectivity index (χ1v) is 15.8. The summed E-state index contributed by atoms with van der Waals surface area (Å²) in [6.07, 6.45) is -0.190. The number of carbonyl (C=O) groups excluding carboxylic acids is 2. The molecule has 0 aliphatic carbocycles. The highest BCUT2D eigenvalue weighted by Gasteiger charge is 2.22. The molecule has 0 fully saturated rings. The molecular weight excluding hydrogens is 600 g/mol. The number of hydrogen-bond acceptors (Lipinski definition) is 11. The Morgan fingerprint density at radius 2 is 1.15 bits per heavy atom. The predicted octanol–water partition coefficient (Wildman–Crippen LogP) is 0.758. The molecule has 0 radical (unpaired) electrons. The van der Waals surface area contributed by atoms with Crippen LogP contribution in [-0.2, 0) is 28.8 Å². The van der Waals surface area contributed by atoms with Gasteiger partial charge in [-0.2, -0.15) is 23.5 Å². The summed E-state index contributed by atoms with van der Waals surface area (Å²) < 4.78 is 0. The minimum absolute atomic E-state index is 0.0536. The summed E-state index contributed by atoms with van der Waals surface area (Å²) in [6, 6.07) is -2.76. The molecule has 3 unspecified atom stereocenters. The molecule has 0 aromatic heterocycles. The van der Waals surface area contributed by atoms with Crippen molar-refractivity contribution in [3.05, 3.63) is 0 Å². The summed E-state index contributed by atoms with van der Waals surface area (Å²) in [5.74, 6) is -4.17. The lowest BCUT2D eigenvalue weighted by Gasteiger charge is -2.19. The van der Waals surface area contributed by atoms with Crippen LogP contribution in [0.3, 0.4) is 0 Å². The quantitative estimate of drug-likeness (QED) is 0.102. The Balaban J connectivity index is -0.000000655. The first kappa shape index (κ1) is 43.2. The molecule has 0 aliphatic heterocycles. The lowest BCUT2D eigenvalue weighted by molar-refractivity contribution is -0.139. The second kappa shape index (κ2) is 25.5. The zero-order valence-electron chi connectivity index (χ0n) is 24.3. The number of hydrogen-bond donors (Lipinski definition) is 8. The number of nitrogens with one attached hydrogen (secondary N) is 2. The van der Waals surface area contributed by atoms with Crippen LogP contribution in [-0.4, -0.2) is 114 Å². The Morgan fingerprint density at radius 1 is 0.683 bits per heavy atom. The second-order valence-corrected chi connectivity index (χ2v) is 14.0. The maximum Gasteiger partial charge on any atom is 0.322 e. The minimum Gasteiger partial charge on any atom is -0.481 e. The number of rotatable bonds is 18. The highest BCUT2D eigenvalue weighted by Crippen LogP contribution is 2.11. The summed E-state index contributed by atoms with van der Waals surface area (Å²) in [6.45, 7) is 11.3. The molecule has 10 N–H and O–H groups in total. The highest BCUT2D eigenvalue weighted by atomic mass is 32.2. The van der Waals surface area contributed by atoms with Gasteiger partial charge >= 0.3 is 23.9 Å². The number of carbonyl (C=O) groups is 6. The largest absolute Gasteiger partial charge is 0.481 e. The molecule has 0 aromatic rings. The summed E-state index contributed by atoms with van der Waals surface area (Å²) in [4.78, 5) is 64.8. The monoisotopic (exact) mass is 646 g/mol. The zero-order valence-corrected chi connectivity index (χ0v) is 26.8. The van der Waals surface area contributed by atoms with Crippen molar-refractivity contribution in [1.29, 1.82) is 0 Å². The first-order valence-electron chi connectivity index (χ1n) is 12.6. The highest BCUT2D eigenvalue weighted by molar-refractivity contribution is 8.00. The molecule has 41 heavy (non-hydrogen) atoms. The Bertz CT molecular complexity index is 817. The smallest absolute Gasteiger partial charge is 0.322 e. The van der Waals surface area contributed by atoms with E-state index in [2.05, 4.69) is 10.6 Å². The number of amides is 2. The van der Waals surface area contributed by atoms with Crippen molar-refractivity contribution < 1.29 is 49.2 Å². The van der Waals surface area contributed by atoms with E-state index in [1.807, 2.05) is 41.5 Å². The van der Waals surface area contributed by atoms with Crippen LogP contribution in [0.1, 0.15) is 54.4 Å². The van der Waals surface area contributed by atoms with Gasteiger partial charge in [0, 0.05) is 17.9 Å². The van der Waals surface area contributed by atoms with E-state index in [0.717, 1.165) is 0 Å². The Labute approximate surface area is 253 Å². The van der Waals surface area contributed by atoms with E-state index >= 15 is 0 Å². The molecule has 0 rings (SSSR count). The predicted molar refractivity (Wildman–Crippen MR) is 163 cm³/mol. The average Bonchev–Trinajstić information content (AvgIpc) is 2.85. The van der Waals surface area contributed by atoms with Crippen molar-refractivity contribution in [2.45, 2.75) is 88.3 Å². The summed E-state index contributed by atoms with van der Waals surface area (Å²) in [5, 5.41) is 39.5. The normalized spacial score (nSPS) is 12.7. The topological polar surface area (TPSA) is 259 Å². The van der Waals surface area contributed by atoms with Crippen molar-refractivity contribution >= 4 is 71.0 Å². The summed E-state index contributed by atoms with van der Waals surface area (Å²) in [5.41, 5.74) is 10.6. The number of carboxylic acid groups (broad SMARTS) is 4. The third-order valence-corrected chi connectivity index (χ3v) is 7.62. The Morgan fingerprint density at radius 3 is 1.51 bits per heavy atom. The van der Waals surface area contributed by atoms with E-state index < -0.39 is 60.4 Å². The van der Waals surface area contributed by atoms with Crippen LogP contribution < -0.4 is 22.1 Å². The van der Waals surface area contributed by atoms with Crippen molar-refractivity contribution in [1.82, 2.24) is 10.6 Å². The van der Waals surface area contributed by atoms with Gasteiger partial charge in [0.15, 0.2) is 0 Å². The van der Waals surface area contributed by atoms with Gasteiger partial charge in [0.2, 0.25) is 11.8 Å². The van der Waals surface area contributed by atoms with Gasteiger partial charge in [0.1, 0.15) is 24.7 Å². The molecule has 0 saturated heterocycles. The zero-order chi connectivity index (χ0) is 32.7. The van der Waals surface area contributed by atoms with Crippen molar-refractivity contribution in [3.63, 3.8) is 0 Å². The summed E-state index contributed by atoms with van der Waals surface area (Å²) in [7, 11) is 0. The fourth-order valence-corrected chi connectivity index (χ4v) is 4.06. The summed E-state index contributed by atoms with van der Waals surface area (Å²) >= 11 is 4.43. The van der Waals surface area contributed by atoms with Crippen molar-refractivity contribution in [2.24, 2.45) is 11.5 Å². The van der Waals surface area contributed by atoms with E-state index in [0.29, 0.717) is 16.3 Å². The van der Waals surface area contributed by atoms with Crippen LogP contribution in [0.4, 0.5) is 0 Å². The molecule has 0 spiro atoms. The number of thioether (sulfide) groups is 3. The van der Waals surface area contributed by atoms with Gasteiger partial charge in [-0.15, -0.1) is 11.8 Å². The molecule has 0 bridgehead atoms. The minimum atomic E-state index is -1.20. The average molecular weight is 647 g/mol. The lowest BCUT2D eigenvalue weighted by atomic mass is 10.1. The van der Waals surface area contributed by atoms with Crippen LogP contribution in [0.5, 0.6) is 0 Å². The maximum absolute atomic E-state index is 11.9. The Kier molecular flexibility index (Phi) is 26.9. The van der Waals surface area contributed by atoms with Crippen LogP contribution in [0.25, 0.3) is 0 Å².